The molecule has 0 aliphatic carbocycles. The number of benzene rings is 1. The van der Waals surface area contributed by atoms with Crippen LogP contribution in [0, 0.1) is 5.82 Å². The van der Waals surface area contributed by atoms with Gasteiger partial charge in [-0.25, -0.2) is 9.38 Å². The van der Waals surface area contributed by atoms with E-state index in [0.29, 0.717) is 38.2 Å². The van der Waals surface area contributed by atoms with Crippen molar-refractivity contribution in [2.75, 3.05) is 39.4 Å². The van der Waals surface area contributed by atoms with Gasteiger partial charge in [-0.05, 0) is 37.5 Å². The summed E-state index contributed by atoms with van der Waals surface area (Å²) in [6.45, 7) is 11.3. The van der Waals surface area contributed by atoms with Crippen molar-refractivity contribution in [1.29, 1.82) is 0 Å². The minimum atomic E-state index is -0.225. The maximum absolute atomic E-state index is 13.5. The van der Waals surface area contributed by atoms with Gasteiger partial charge in [-0.2, -0.15) is 0 Å². The maximum atomic E-state index is 13.5. The Morgan fingerprint density at radius 1 is 1.12 bits per heavy atom. The summed E-state index contributed by atoms with van der Waals surface area (Å²) in [7, 11) is 0. The summed E-state index contributed by atoms with van der Waals surface area (Å²) in [5.74, 6) is 1.67. The van der Waals surface area contributed by atoms with E-state index < -0.39 is 0 Å². The van der Waals surface area contributed by atoms with E-state index in [2.05, 4.69) is 34.5 Å². The molecule has 0 saturated carbocycles. The molecule has 32 heavy (non-hydrogen) atoms. The number of guanidine groups is 1. The first kappa shape index (κ1) is 24.2. The first-order valence-electron chi connectivity index (χ1n) is 11.7. The van der Waals surface area contributed by atoms with Crippen LogP contribution in [-0.2, 0) is 11.3 Å². The van der Waals surface area contributed by atoms with Crippen LogP contribution in [0.5, 0.6) is 0 Å². The number of nitrogens with one attached hydrogen (secondary N) is 2. The van der Waals surface area contributed by atoms with E-state index in [1.54, 1.807) is 0 Å². The first-order chi connectivity index (χ1) is 15.6. The normalized spacial score (nSPS) is 16.3. The standard InChI is InChI=1S/C24H36FN5O2/c1-4-18(5-2)22-15-21(32-29-22)16-27-24(26-6-3)28-17-23(30-11-13-31-14-12-30)19-7-9-20(25)10-8-19/h7-10,15,18,23H,4-6,11-14,16-17H2,1-3H3,(H2,26,27,28). The van der Waals surface area contributed by atoms with E-state index in [0.717, 1.165) is 49.5 Å². The lowest BCUT2D eigenvalue weighted by Crippen LogP contribution is -2.46. The quantitative estimate of drug-likeness (QED) is 0.428. The van der Waals surface area contributed by atoms with Gasteiger partial charge in [0, 0.05) is 38.2 Å². The minimum Gasteiger partial charge on any atom is -0.379 e. The second-order valence-corrected chi connectivity index (χ2v) is 8.02. The van der Waals surface area contributed by atoms with Gasteiger partial charge in [-0.1, -0.05) is 31.1 Å². The first-order valence-corrected chi connectivity index (χ1v) is 11.7. The molecule has 0 radical (unpaired) electrons. The van der Waals surface area contributed by atoms with Gasteiger partial charge < -0.3 is 19.9 Å². The van der Waals surface area contributed by atoms with Gasteiger partial charge in [0.15, 0.2) is 11.7 Å². The predicted molar refractivity (Wildman–Crippen MR) is 124 cm³/mol. The highest BCUT2D eigenvalue weighted by Crippen LogP contribution is 2.23. The summed E-state index contributed by atoms with van der Waals surface area (Å²) in [6.07, 6.45) is 2.09. The van der Waals surface area contributed by atoms with Crippen LogP contribution in [0.4, 0.5) is 4.39 Å². The van der Waals surface area contributed by atoms with Gasteiger partial charge in [0.2, 0.25) is 0 Å². The Morgan fingerprint density at radius 3 is 2.50 bits per heavy atom. The van der Waals surface area contributed by atoms with Gasteiger partial charge in [0.05, 0.1) is 24.9 Å². The highest BCUT2D eigenvalue weighted by Gasteiger charge is 2.23. The molecule has 1 aliphatic rings. The van der Waals surface area contributed by atoms with Crippen LogP contribution in [0.1, 0.15) is 62.6 Å². The van der Waals surface area contributed by atoms with Crippen molar-refractivity contribution in [3.8, 4) is 0 Å². The van der Waals surface area contributed by atoms with Crippen molar-refractivity contribution in [3.63, 3.8) is 0 Å². The van der Waals surface area contributed by atoms with Gasteiger partial charge in [-0.3, -0.25) is 4.90 Å². The lowest BCUT2D eigenvalue weighted by atomic mass is 9.99. The second kappa shape index (κ2) is 12.6. The number of aromatic nitrogens is 1. The Labute approximate surface area is 190 Å². The number of rotatable bonds is 10. The van der Waals surface area contributed by atoms with E-state index in [9.17, 15) is 4.39 Å². The van der Waals surface area contributed by atoms with Crippen LogP contribution >= 0.6 is 0 Å². The molecule has 3 rings (SSSR count). The smallest absolute Gasteiger partial charge is 0.191 e. The summed E-state index contributed by atoms with van der Waals surface area (Å²) in [5, 5.41) is 11.0. The van der Waals surface area contributed by atoms with Gasteiger partial charge in [-0.15, -0.1) is 0 Å². The number of ether oxygens (including phenoxy) is 1. The summed E-state index contributed by atoms with van der Waals surface area (Å²) < 4.78 is 24.5. The van der Waals surface area contributed by atoms with Crippen LogP contribution in [0.3, 0.4) is 0 Å². The Bertz CT molecular complexity index is 829. The van der Waals surface area contributed by atoms with E-state index in [4.69, 9.17) is 14.3 Å². The highest BCUT2D eigenvalue weighted by molar-refractivity contribution is 5.79. The summed E-state index contributed by atoms with van der Waals surface area (Å²) in [4.78, 5) is 7.06. The fourth-order valence-corrected chi connectivity index (χ4v) is 4.03. The molecule has 1 aromatic carbocycles. The lowest BCUT2D eigenvalue weighted by molar-refractivity contribution is 0.0170. The van der Waals surface area contributed by atoms with Gasteiger partial charge in [0.25, 0.3) is 0 Å². The molecule has 0 spiro atoms. The number of hydrogen-bond donors (Lipinski definition) is 2. The molecule has 1 atom stereocenters. The molecule has 8 heteroatoms. The second-order valence-electron chi connectivity index (χ2n) is 8.02. The largest absolute Gasteiger partial charge is 0.379 e. The maximum Gasteiger partial charge on any atom is 0.191 e. The number of aliphatic imine (C=N–C) groups is 1. The fraction of sp³-hybridized carbons (Fsp3) is 0.583. The Morgan fingerprint density at radius 2 is 1.84 bits per heavy atom. The zero-order valence-electron chi connectivity index (χ0n) is 19.4. The number of nitrogens with zero attached hydrogens (tertiary/aromatic N) is 3. The summed E-state index contributed by atoms with van der Waals surface area (Å²) in [6, 6.07) is 8.85. The number of halogens is 1. The zero-order chi connectivity index (χ0) is 22.8. The average Bonchev–Trinajstić information content (AvgIpc) is 3.29. The molecular formula is C24H36FN5O2. The van der Waals surface area contributed by atoms with Crippen LogP contribution < -0.4 is 10.6 Å². The number of hydrogen-bond acceptors (Lipinski definition) is 5. The van der Waals surface area contributed by atoms with E-state index in [1.807, 2.05) is 25.1 Å². The Balaban J connectivity index is 1.68. The molecule has 7 nitrogen and oxygen atoms in total. The molecule has 1 unspecified atom stereocenters. The van der Waals surface area contributed by atoms with Gasteiger partial charge >= 0.3 is 0 Å². The van der Waals surface area contributed by atoms with E-state index in [1.165, 1.54) is 12.1 Å². The van der Waals surface area contributed by atoms with Crippen molar-refractivity contribution in [3.05, 3.63) is 53.2 Å². The van der Waals surface area contributed by atoms with Crippen LogP contribution in [0.15, 0.2) is 39.8 Å². The molecule has 2 heterocycles. The van der Waals surface area contributed by atoms with Crippen LogP contribution in [0.25, 0.3) is 0 Å². The third-order valence-corrected chi connectivity index (χ3v) is 5.92. The highest BCUT2D eigenvalue weighted by atomic mass is 19.1. The van der Waals surface area contributed by atoms with Crippen molar-refractivity contribution < 1.29 is 13.7 Å². The summed E-state index contributed by atoms with van der Waals surface area (Å²) in [5.41, 5.74) is 2.07. The molecule has 2 aromatic rings. The molecule has 1 aromatic heterocycles. The minimum absolute atomic E-state index is 0.0927. The summed E-state index contributed by atoms with van der Waals surface area (Å²) >= 11 is 0. The predicted octanol–water partition coefficient (Wildman–Crippen LogP) is 3.85. The zero-order valence-corrected chi connectivity index (χ0v) is 19.4. The SMILES string of the molecule is CCNC(=NCc1cc(C(CC)CC)no1)NCC(c1ccc(F)cc1)N1CCOCC1. The molecular weight excluding hydrogens is 409 g/mol. The molecule has 1 saturated heterocycles. The van der Waals surface area contributed by atoms with Crippen molar-refractivity contribution in [2.45, 2.75) is 52.1 Å². The topological polar surface area (TPSA) is 74.9 Å². The van der Waals surface area contributed by atoms with E-state index in [-0.39, 0.29) is 11.9 Å². The van der Waals surface area contributed by atoms with Crippen molar-refractivity contribution >= 4 is 5.96 Å². The van der Waals surface area contributed by atoms with Crippen LogP contribution in [0.2, 0.25) is 0 Å². The van der Waals surface area contributed by atoms with Crippen molar-refractivity contribution in [2.24, 2.45) is 4.99 Å². The van der Waals surface area contributed by atoms with Crippen molar-refractivity contribution in [1.82, 2.24) is 20.7 Å². The van der Waals surface area contributed by atoms with Gasteiger partial charge in [0.1, 0.15) is 12.4 Å². The molecule has 0 amide bonds. The molecule has 0 bridgehead atoms. The molecule has 1 fully saturated rings. The monoisotopic (exact) mass is 445 g/mol. The van der Waals surface area contributed by atoms with E-state index >= 15 is 0 Å². The average molecular weight is 446 g/mol. The molecule has 176 valence electrons. The number of morpholine rings is 1. The lowest BCUT2D eigenvalue weighted by Gasteiger charge is -2.35. The molecule has 2 N–H and O–H groups in total. The Hall–Kier alpha value is -2.45. The Kier molecular flexibility index (Phi) is 9.49. The third kappa shape index (κ3) is 6.77. The third-order valence-electron chi connectivity index (χ3n) is 5.92. The van der Waals surface area contributed by atoms with Crippen LogP contribution in [-0.4, -0.2) is 55.4 Å². The fourth-order valence-electron chi connectivity index (χ4n) is 4.03. The molecule has 1 aliphatic heterocycles.